The van der Waals surface area contributed by atoms with Crippen molar-refractivity contribution in [3.63, 3.8) is 0 Å². The summed E-state index contributed by atoms with van der Waals surface area (Å²) in [5.41, 5.74) is 0. The van der Waals surface area contributed by atoms with Gasteiger partial charge in [0, 0.05) is 10.7 Å². The van der Waals surface area contributed by atoms with E-state index in [0.717, 1.165) is 0 Å². The van der Waals surface area contributed by atoms with Gasteiger partial charge in [0.2, 0.25) is 0 Å². The van der Waals surface area contributed by atoms with Crippen LogP contribution in [0.4, 0.5) is 8.78 Å². The molecule has 0 bridgehead atoms. The first kappa shape index (κ1) is 10.7. The minimum atomic E-state index is -4.36. The zero-order chi connectivity index (χ0) is 10.2. The summed E-state index contributed by atoms with van der Waals surface area (Å²) < 4.78 is 46.9. The summed E-state index contributed by atoms with van der Waals surface area (Å²) in [6.07, 6.45) is 0. The molecular weight excluding hydrogens is 245 g/mol. The first-order valence-corrected chi connectivity index (χ1v) is 5.61. The van der Waals surface area contributed by atoms with E-state index in [4.69, 9.17) is 22.3 Å². The van der Waals surface area contributed by atoms with Gasteiger partial charge < -0.3 is 0 Å². The van der Waals surface area contributed by atoms with Gasteiger partial charge in [-0.25, -0.2) is 17.2 Å². The third-order valence-corrected chi connectivity index (χ3v) is 3.08. The first-order chi connectivity index (χ1) is 5.84. The Bertz CT molecular complexity index is 444. The van der Waals surface area contributed by atoms with E-state index in [0.29, 0.717) is 12.1 Å². The maximum Gasteiger partial charge on any atom is 0.265 e. The molecule has 1 aromatic carbocycles. The molecule has 0 spiro atoms. The van der Waals surface area contributed by atoms with E-state index in [1.165, 1.54) is 0 Å². The summed E-state index contributed by atoms with van der Waals surface area (Å²) in [7, 11) is 0.461. The molecule has 0 aromatic heterocycles. The van der Waals surface area contributed by atoms with Crippen molar-refractivity contribution in [2.75, 3.05) is 0 Å². The third kappa shape index (κ3) is 2.10. The van der Waals surface area contributed by atoms with Gasteiger partial charge in [0.1, 0.15) is 16.5 Å². The molecule has 1 rings (SSSR count). The van der Waals surface area contributed by atoms with Crippen LogP contribution in [-0.2, 0) is 9.05 Å². The van der Waals surface area contributed by atoms with E-state index in [-0.39, 0.29) is 0 Å². The molecule has 72 valence electrons. The Balaban J connectivity index is 3.62. The van der Waals surface area contributed by atoms with Crippen LogP contribution in [0.2, 0.25) is 5.02 Å². The highest BCUT2D eigenvalue weighted by molar-refractivity contribution is 8.13. The molecule has 0 unspecified atom stereocenters. The predicted molar refractivity (Wildman–Crippen MR) is 44.4 cm³/mol. The molecule has 0 aliphatic heterocycles. The fourth-order valence-corrected chi connectivity index (χ4v) is 2.37. The van der Waals surface area contributed by atoms with Crippen LogP contribution in [0.25, 0.3) is 0 Å². The largest absolute Gasteiger partial charge is 0.265 e. The smallest absolute Gasteiger partial charge is 0.207 e. The quantitative estimate of drug-likeness (QED) is 0.564. The molecule has 0 fully saturated rings. The van der Waals surface area contributed by atoms with Crippen LogP contribution in [0.5, 0.6) is 0 Å². The average Bonchev–Trinajstić information content (AvgIpc) is 1.95. The molecule has 0 aliphatic carbocycles. The minimum Gasteiger partial charge on any atom is -0.207 e. The van der Waals surface area contributed by atoms with Gasteiger partial charge in [-0.2, -0.15) is 0 Å². The second-order valence-electron chi connectivity index (χ2n) is 2.11. The fraction of sp³-hybridized carbons (Fsp3) is 0. The SMILES string of the molecule is O=S(=O)(Cl)c1c(F)ccc(F)c1Cl. The van der Waals surface area contributed by atoms with Gasteiger partial charge >= 0.3 is 0 Å². The van der Waals surface area contributed by atoms with E-state index in [1.54, 1.807) is 0 Å². The van der Waals surface area contributed by atoms with Crippen molar-refractivity contribution in [3.05, 3.63) is 28.8 Å². The maximum atomic E-state index is 12.8. The molecule has 0 aliphatic rings. The number of halogens is 4. The normalized spacial score (nSPS) is 11.7. The number of benzene rings is 1. The maximum absolute atomic E-state index is 12.8. The molecule has 0 radical (unpaired) electrons. The molecule has 0 heterocycles. The second kappa shape index (κ2) is 3.40. The Labute approximate surface area is 82.5 Å². The number of hydrogen-bond donors (Lipinski definition) is 0. The van der Waals surface area contributed by atoms with Crippen molar-refractivity contribution in [1.82, 2.24) is 0 Å². The molecule has 0 amide bonds. The van der Waals surface area contributed by atoms with E-state index < -0.39 is 30.6 Å². The molecule has 0 atom stereocenters. The summed E-state index contributed by atoms with van der Waals surface area (Å²) >= 11 is 5.20. The molecule has 7 heteroatoms. The van der Waals surface area contributed by atoms with Gasteiger partial charge in [0.05, 0.1) is 5.02 Å². The molecule has 1 aromatic rings. The van der Waals surface area contributed by atoms with Gasteiger partial charge in [-0.05, 0) is 12.1 Å². The van der Waals surface area contributed by atoms with Gasteiger partial charge in [-0.15, -0.1) is 0 Å². The minimum absolute atomic E-state index is 0.635. The average molecular weight is 247 g/mol. The summed E-state index contributed by atoms with van der Waals surface area (Å²) in [4.78, 5) is -1.03. The molecule has 0 N–H and O–H groups in total. The lowest BCUT2D eigenvalue weighted by Gasteiger charge is -2.01. The van der Waals surface area contributed by atoms with Crippen LogP contribution in [0.15, 0.2) is 17.0 Å². The summed E-state index contributed by atoms with van der Waals surface area (Å²) in [5, 5.41) is -0.838. The third-order valence-electron chi connectivity index (χ3n) is 1.25. The zero-order valence-corrected chi connectivity index (χ0v) is 8.22. The van der Waals surface area contributed by atoms with Gasteiger partial charge in [0.25, 0.3) is 9.05 Å². The van der Waals surface area contributed by atoms with Crippen molar-refractivity contribution in [1.29, 1.82) is 0 Å². The molecule has 2 nitrogen and oxygen atoms in total. The zero-order valence-electron chi connectivity index (χ0n) is 5.89. The van der Waals surface area contributed by atoms with Gasteiger partial charge in [-0.1, -0.05) is 11.6 Å². The Morgan fingerprint density at radius 3 is 2.00 bits per heavy atom. The summed E-state index contributed by atoms with van der Waals surface area (Å²) in [6, 6.07) is 1.35. The van der Waals surface area contributed by atoms with Crippen LogP contribution in [0.1, 0.15) is 0 Å². The highest BCUT2D eigenvalue weighted by Crippen LogP contribution is 2.29. The van der Waals surface area contributed by atoms with E-state index in [9.17, 15) is 17.2 Å². The van der Waals surface area contributed by atoms with Crippen molar-refractivity contribution < 1.29 is 17.2 Å². The van der Waals surface area contributed by atoms with E-state index >= 15 is 0 Å². The predicted octanol–water partition coefficient (Wildman–Crippen LogP) is 2.55. The Kier molecular flexibility index (Phi) is 2.79. The van der Waals surface area contributed by atoms with Crippen LogP contribution in [0, 0.1) is 11.6 Å². The lowest BCUT2D eigenvalue weighted by molar-refractivity contribution is 0.560. The highest BCUT2D eigenvalue weighted by Gasteiger charge is 2.22. The Morgan fingerprint density at radius 2 is 1.62 bits per heavy atom. The standard InChI is InChI=1S/C6H2Cl2F2O2S/c7-5-3(9)1-2-4(10)6(5)13(8,11)12/h1-2H. The van der Waals surface area contributed by atoms with Crippen LogP contribution in [-0.4, -0.2) is 8.42 Å². The monoisotopic (exact) mass is 246 g/mol. The molecular formula is C6H2Cl2F2O2S. The van der Waals surface area contributed by atoms with Crippen molar-refractivity contribution >= 4 is 31.3 Å². The van der Waals surface area contributed by atoms with Crippen LogP contribution in [0.3, 0.4) is 0 Å². The summed E-state index contributed by atoms with van der Waals surface area (Å²) in [5.74, 6) is -2.22. The lowest BCUT2D eigenvalue weighted by Crippen LogP contribution is -1.98. The van der Waals surface area contributed by atoms with Crippen LogP contribution >= 0.6 is 22.3 Å². The van der Waals surface area contributed by atoms with E-state index in [1.807, 2.05) is 0 Å². The van der Waals surface area contributed by atoms with Crippen molar-refractivity contribution in [2.45, 2.75) is 4.90 Å². The number of hydrogen-bond acceptors (Lipinski definition) is 2. The van der Waals surface area contributed by atoms with Crippen molar-refractivity contribution in [2.24, 2.45) is 0 Å². The molecule has 13 heavy (non-hydrogen) atoms. The Hall–Kier alpha value is -0.390. The highest BCUT2D eigenvalue weighted by atomic mass is 35.7. The Morgan fingerprint density at radius 1 is 1.15 bits per heavy atom. The first-order valence-electron chi connectivity index (χ1n) is 2.92. The van der Waals surface area contributed by atoms with Gasteiger partial charge in [-0.3, -0.25) is 0 Å². The fourth-order valence-electron chi connectivity index (χ4n) is 0.732. The number of rotatable bonds is 1. The molecule has 0 saturated carbocycles. The topological polar surface area (TPSA) is 34.1 Å². The molecule has 0 saturated heterocycles. The lowest BCUT2D eigenvalue weighted by atomic mass is 10.3. The van der Waals surface area contributed by atoms with Crippen LogP contribution < -0.4 is 0 Å². The summed E-state index contributed by atoms with van der Waals surface area (Å²) in [6.45, 7) is 0. The second-order valence-corrected chi connectivity index (χ2v) is 4.99. The van der Waals surface area contributed by atoms with Gasteiger partial charge in [0.15, 0.2) is 0 Å². The van der Waals surface area contributed by atoms with Crippen molar-refractivity contribution in [3.8, 4) is 0 Å². The van der Waals surface area contributed by atoms with E-state index in [2.05, 4.69) is 0 Å².